The topological polar surface area (TPSA) is 103 Å². The van der Waals surface area contributed by atoms with E-state index in [9.17, 15) is 4.39 Å². The molecular formula is C25H32FN9O. The van der Waals surface area contributed by atoms with Gasteiger partial charge in [-0.05, 0) is 42.9 Å². The predicted octanol–water partition coefficient (Wildman–Crippen LogP) is 3.08. The minimum Gasteiger partial charge on any atom is -0.378 e. The number of aromatic nitrogens is 3. The molecule has 1 saturated heterocycles. The quantitative estimate of drug-likeness (QED) is 0.211. The summed E-state index contributed by atoms with van der Waals surface area (Å²) in [6.45, 7) is 7.24. The number of benzene rings is 1. The van der Waals surface area contributed by atoms with Crippen molar-refractivity contribution in [2.45, 2.75) is 6.92 Å². The van der Waals surface area contributed by atoms with E-state index in [0.29, 0.717) is 32.0 Å². The van der Waals surface area contributed by atoms with Crippen LogP contribution in [-0.4, -0.2) is 74.2 Å². The zero-order chi connectivity index (χ0) is 25.2. The highest BCUT2D eigenvalue weighted by Crippen LogP contribution is 2.21. The van der Waals surface area contributed by atoms with Crippen LogP contribution in [0.1, 0.15) is 12.6 Å². The Morgan fingerprint density at radius 1 is 1.08 bits per heavy atom. The largest absolute Gasteiger partial charge is 0.378 e. The zero-order valence-electron chi connectivity index (χ0n) is 20.6. The van der Waals surface area contributed by atoms with Crippen molar-refractivity contribution >= 4 is 35.0 Å². The van der Waals surface area contributed by atoms with Gasteiger partial charge in [0.25, 0.3) is 0 Å². The van der Waals surface area contributed by atoms with Gasteiger partial charge in [0, 0.05) is 44.6 Å². The molecule has 0 radical (unpaired) electrons. The molecule has 1 fully saturated rings. The number of hydrogen-bond acceptors (Lipinski definition) is 10. The zero-order valence-corrected chi connectivity index (χ0v) is 20.6. The van der Waals surface area contributed by atoms with Crippen LogP contribution in [0.3, 0.4) is 0 Å². The normalized spacial score (nSPS) is 13.7. The molecule has 3 heterocycles. The molecule has 1 aliphatic rings. The number of hydrazone groups is 1. The maximum absolute atomic E-state index is 14.2. The van der Waals surface area contributed by atoms with Gasteiger partial charge in [-0.2, -0.15) is 10.1 Å². The van der Waals surface area contributed by atoms with Crippen molar-refractivity contribution in [3.05, 3.63) is 60.3 Å². The summed E-state index contributed by atoms with van der Waals surface area (Å²) in [4.78, 5) is 16.7. The summed E-state index contributed by atoms with van der Waals surface area (Å²) in [5.41, 5.74) is 6.41. The Labute approximate surface area is 210 Å². The Kier molecular flexibility index (Phi) is 8.95. The number of pyridine rings is 1. The summed E-state index contributed by atoms with van der Waals surface area (Å²) in [6.07, 6.45) is 4.44. The van der Waals surface area contributed by atoms with Crippen molar-refractivity contribution in [2.24, 2.45) is 5.10 Å². The summed E-state index contributed by atoms with van der Waals surface area (Å²) in [5.74, 6) is -0.0157. The van der Waals surface area contributed by atoms with Crippen LogP contribution < -0.4 is 25.9 Å². The smallest absolute Gasteiger partial charge is 0.245 e. The number of rotatable bonds is 11. The van der Waals surface area contributed by atoms with Crippen molar-refractivity contribution in [3.8, 4) is 0 Å². The maximum atomic E-state index is 14.2. The second-order valence-corrected chi connectivity index (χ2v) is 8.25. The van der Waals surface area contributed by atoms with Gasteiger partial charge in [-0.25, -0.2) is 14.8 Å². The highest BCUT2D eigenvalue weighted by molar-refractivity contribution is 5.78. The van der Waals surface area contributed by atoms with Gasteiger partial charge in [0.15, 0.2) is 11.6 Å². The molecule has 3 N–H and O–H groups in total. The van der Waals surface area contributed by atoms with E-state index >= 15 is 0 Å². The first kappa shape index (κ1) is 25.3. The molecule has 0 aliphatic carbocycles. The first-order valence-corrected chi connectivity index (χ1v) is 12.0. The lowest BCUT2D eigenvalue weighted by atomic mass is 10.2. The number of hydrogen-bond donors (Lipinski definition) is 3. The highest BCUT2D eigenvalue weighted by atomic mass is 19.1. The van der Waals surface area contributed by atoms with Crippen LogP contribution >= 0.6 is 0 Å². The van der Waals surface area contributed by atoms with Gasteiger partial charge in [0.1, 0.15) is 0 Å². The van der Waals surface area contributed by atoms with Crippen molar-refractivity contribution in [3.63, 3.8) is 0 Å². The molecule has 0 atom stereocenters. The number of ether oxygens (including phenoxy) is 1. The van der Waals surface area contributed by atoms with E-state index in [1.165, 1.54) is 0 Å². The molecule has 2 aromatic heterocycles. The lowest BCUT2D eigenvalue weighted by Gasteiger charge is -2.27. The average Bonchev–Trinajstić information content (AvgIpc) is 2.91. The van der Waals surface area contributed by atoms with Gasteiger partial charge in [-0.3, -0.25) is 4.98 Å². The van der Waals surface area contributed by atoms with Crippen LogP contribution in [0.4, 0.5) is 33.2 Å². The van der Waals surface area contributed by atoms with E-state index < -0.39 is 5.82 Å². The Bertz CT molecular complexity index is 1120. The number of nitrogens with one attached hydrogen (secondary N) is 3. The monoisotopic (exact) mass is 493 g/mol. The summed E-state index contributed by atoms with van der Waals surface area (Å²) in [5, 5.41) is 10.8. The molecule has 36 heavy (non-hydrogen) atoms. The minimum atomic E-state index is -0.470. The summed E-state index contributed by atoms with van der Waals surface area (Å²) >= 11 is 0. The van der Waals surface area contributed by atoms with Crippen LogP contribution in [0.2, 0.25) is 0 Å². The van der Waals surface area contributed by atoms with Gasteiger partial charge < -0.3 is 25.2 Å². The van der Waals surface area contributed by atoms with E-state index in [-0.39, 0.29) is 11.8 Å². The molecule has 10 nitrogen and oxygen atoms in total. The standard InChI is InChI=1S/C25H32FN9O/c1-3-27-10-11-34(2)22-8-6-19(7-9-22)31-21-5-4-20(28-16-21)17-30-33-25-29-18-23(26)24(32-25)35-12-14-36-15-13-35/h4-9,16-18,27,31H,3,10-15H2,1-2H3,(H,29,32,33)/b30-17+. The van der Waals surface area contributed by atoms with Crippen LogP contribution in [-0.2, 0) is 4.74 Å². The van der Waals surface area contributed by atoms with Crippen LogP contribution in [0.25, 0.3) is 0 Å². The molecule has 11 heteroatoms. The third-order valence-corrected chi connectivity index (χ3v) is 5.65. The number of anilines is 5. The van der Waals surface area contributed by atoms with Crippen molar-refractivity contribution < 1.29 is 9.13 Å². The molecule has 0 saturated carbocycles. The Balaban J connectivity index is 1.29. The van der Waals surface area contributed by atoms with Crippen molar-refractivity contribution in [1.29, 1.82) is 0 Å². The molecule has 3 aromatic rings. The fraction of sp³-hybridized carbons (Fsp3) is 0.360. The molecule has 190 valence electrons. The van der Waals surface area contributed by atoms with Gasteiger partial charge >= 0.3 is 0 Å². The lowest BCUT2D eigenvalue weighted by Crippen LogP contribution is -2.37. The summed E-state index contributed by atoms with van der Waals surface area (Å²) in [6, 6.07) is 12.1. The van der Waals surface area contributed by atoms with Gasteiger partial charge in [0.2, 0.25) is 5.95 Å². The van der Waals surface area contributed by atoms with E-state index in [4.69, 9.17) is 4.74 Å². The number of morpholine rings is 1. The number of halogens is 1. The highest BCUT2D eigenvalue weighted by Gasteiger charge is 2.17. The summed E-state index contributed by atoms with van der Waals surface area (Å²) in [7, 11) is 2.09. The van der Waals surface area contributed by atoms with Gasteiger partial charge in [-0.15, -0.1) is 0 Å². The number of likely N-dealkylation sites (N-methyl/N-ethyl adjacent to an activating group) is 2. The van der Waals surface area contributed by atoms with Gasteiger partial charge in [0.05, 0.1) is 43.2 Å². The number of nitrogens with zero attached hydrogens (tertiary/aromatic N) is 6. The molecule has 0 bridgehead atoms. The van der Waals surface area contributed by atoms with Crippen LogP contribution in [0.15, 0.2) is 53.9 Å². The SMILES string of the molecule is CCNCCN(C)c1ccc(Nc2ccc(/C=N/Nc3ncc(F)c(N4CCOCC4)n3)nc2)cc1. The van der Waals surface area contributed by atoms with Crippen molar-refractivity contribution in [1.82, 2.24) is 20.3 Å². The van der Waals surface area contributed by atoms with E-state index in [1.54, 1.807) is 12.4 Å². The summed E-state index contributed by atoms with van der Waals surface area (Å²) < 4.78 is 19.5. The Morgan fingerprint density at radius 2 is 1.86 bits per heavy atom. The fourth-order valence-corrected chi connectivity index (χ4v) is 3.64. The van der Waals surface area contributed by atoms with Crippen LogP contribution in [0.5, 0.6) is 0 Å². The first-order chi connectivity index (χ1) is 17.6. The molecule has 1 aromatic carbocycles. The first-order valence-electron chi connectivity index (χ1n) is 12.0. The van der Waals surface area contributed by atoms with Gasteiger partial charge in [-0.1, -0.05) is 6.92 Å². The molecule has 4 rings (SSSR count). The van der Waals surface area contributed by atoms with E-state index in [0.717, 1.165) is 42.9 Å². The second-order valence-electron chi connectivity index (χ2n) is 8.25. The van der Waals surface area contributed by atoms with E-state index in [1.807, 2.05) is 29.2 Å². The Morgan fingerprint density at radius 3 is 2.58 bits per heavy atom. The molecule has 0 unspecified atom stereocenters. The fourth-order valence-electron chi connectivity index (χ4n) is 3.64. The maximum Gasteiger partial charge on any atom is 0.245 e. The van der Waals surface area contributed by atoms with E-state index in [2.05, 4.69) is 67.1 Å². The minimum absolute atomic E-state index is 0.211. The molecule has 0 spiro atoms. The predicted molar refractivity (Wildman–Crippen MR) is 142 cm³/mol. The Hall–Kier alpha value is -3.83. The van der Waals surface area contributed by atoms with Crippen molar-refractivity contribution in [2.75, 3.05) is 73.5 Å². The third-order valence-electron chi connectivity index (χ3n) is 5.65. The third kappa shape index (κ3) is 7.09. The molecule has 1 aliphatic heterocycles. The molecular weight excluding hydrogens is 461 g/mol. The second kappa shape index (κ2) is 12.8. The molecule has 0 amide bonds. The van der Waals surface area contributed by atoms with Crippen LogP contribution in [0, 0.1) is 5.82 Å². The lowest BCUT2D eigenvalue weighted by molar-refractivity contribution is 0.122. The average molecular weight is 494 g/mol.